The minimum atomic E-state index is -0.870. The van der Waals surface area contributed by atoms with E-state index in [0.29, 0.717) is 5.75 Å². The molecule has 1 amide bonds. The summed E-state index contributed by atoms with van der Waals surface area (Å²) >= 11 is 0. The molecule has 0 aromatic rings. The first kappa shape index (κ1) is 10.6. The smallest absolute Gasteiger partial charge is 0.233 e. The van der Waals surface area contributed by atoms with Crippen LogP contribution in [0.3, 0.4) is 0 Å². The van der Waals surface area contributed by atoms with Gasteiger partial charge in [-0.3, -0.25) is 9.00 Å². The van der Waals surface area contributed by atoms with Crippen molar-refractivity contribution in [2.45, 2.75) is 13.0 Å². The summed E-state index contributed by atoms with van der Waals surface area (Å²) < 4.78 is 10.7. The third-order valence-electron chi connectivity index (χ3n) is 1.08. The fourth-order valence-corrected chi connectivity index (χ4v) is 1.51. The minimum absolute atomic E-state index is 0.0132. The lowest BCUT2D eigenvalue weighted by molar-refractivity contribution is -0.120. The first-order valence-corrected chi connectivity index (χ1v) is 5.08. The summed E-state index contributed by atoms with van der Waals surface area (Å²) in [5, 5.41) is 2.60. The van der Waals surface area contributed by atoms with E-state index in [0.717, 1.165) is 0 Å². The molecule has 0 aromatic heterocycles. The highest BCUT2D eigenvalue weighted by molar-refractivity contribution is 7.84. The van der Waals surface area contributed by atoms with Gasteiger partial charge in [-0.25, -0.2) is 0 Å². The number of rotatable bonds is 4. The molecule has 3 N–H and O–H groups in total. The maximum Gasteiger partial charge on any atom is 0.233 e. The number of carbonyl (C=O) groups excluding carboxylic acids is 1. The van der Waals surface area contributed by atoms with Crippen LogP contribution in [0.2, 0.25) is 0 Å². The Morgan fingerprint density at radius 3 is 2.64 bits per heavy atom. The Morgan fingerprint density at radius 2 is 2.27 bits per heavy atom. The summed E-state index contributed by atoms with van der Waals surface area (Å²) in [6.45, 7) is 1.79. The van der Waals surface area contributed by atoms with E-state index in [1.807, 2.05) is 0 Å². The predicted molar refractivity (Wildman–Crippen MR) is 45.6 cm³/mol. The molecular weight excluding hydrogens is 164 g/mol. The Labute approximate surface area is 69.0 Å². The number of nitrogens with two attached hydrogens (primary N) is 1. The normalized spacial score (nSPS) is 15.5. The molecule has 0 radical (unpaired) electrons. The molecule has 0 saturated carbocycles. The fraction of sp³-hybridized carbons (Fsp3) is 0.833. The highest BCUT2D eigenvalue weighted by Crippen LogP contribution is 1.84. The summed E-state index contributed by atoms with van der Waals surface area (Å²) in [6.07, 6.45) is 1.60. The molecule has 0 saturated heterocycles. The standard InChI is InChI=1S/C6H14N2O2S/c1-5(4-11(2)10)8-6(9)3-7/h5H,3-4,7H2,1-2H3,(H,8,9). The second-order valence-electron chi connectivity index (χ2n) is 2.41. The maximum absolute atomic E-state index is 10.7. The minimum Gasteiger partial charge on any atom is -0.352 e. The van der Waals surface area contributed by atoms with E-state index < -0.39 is 10.8 Å². The van der Waals surface area contributed by atoms with Crippen molar-refractivity contribution >= 4 is 16.7 Å². The first-order chi connectivity index (χ1) is 5.06. The summed E-state index contributed by atoms with van der Waals surface area (Å²) in [4.78, 5) is 10.7. The Hall–Kier alpha value is -0.420. The molecule has 0 aliphatic carbocycles. The number of carbonyl (C=O) groups is 1. The van der Waals surface area contributed by atoms with Crippen molar-refractivity contribution in [1.29, 1.82) is 0 Å². The second kappa shape index (κ2) is 5.26. The fourth-order valence-electron chi connectivity index (χ4n) is 0.727. The van der Waals surface area contributed by atoms with Gasteiger partial charge in [0.25, 0.3) is 0 Å². The molecule has 0 heterocycles. The zero-order valence-corrected chi connectivity index (χ0v) is 7.61. The molecule has 4 nitrogen and oxygen atoms in total. The molecule has 2 unspecified atom stereocenters. The molecule has 0 spiro atoms. The summed E-state index contributed by atoms with van der Waals surface area (Å²) in [7, 11) is -0.870. The van der Waals surface area contributed by atoms with Crippen LogP contribution in [0.4, 0.5) is 0 Å². The van der Waals surface area contributed by atoms with Crippen LogP contribution in [0.25, 0.3) is 0 Å². The maximum atomic E-state index is 10.7. The van der Waals surface area contributed by atoms with Gasteiger partial charge in [0, 0.05) is 28.9 Å². The lowest BCUT2D eigenvalue weighted by Gasteiger charge is -2.10. The van der Waals surface area contributed by atoms with E-state index in [4.69, 9.17) is 5.73 Å². The van der Waals surface area contributed by atoms with Gasteiger partial charge >= 0.3 is 0 Å². The second-order valence-corrected chi connectivity index (χ2v) is 3.89. The van der Waals surface area contributed by atoms with Crippen molar-refractivity contribution in [3.63, 3.8) is 0 Å². The van der Waals surface area contributed by atoms with Gasteiger partial charge in [0.15, 0.2) is 0 Å². The Kier molecular flexibility index (Phi) is 5.06. The van der Waals surface area contributed by atoms with E-state index in [2.05, 4.69) is 5.32 Å². The largest absolute Gasteiger partial charge is 0.352 e. The van der Waals surface area contributed by atoms with Gasteiger partial charge in [-0.2, -0.15) is 0 Å². The molecule has 0 aliphatic rings. The summed E-state index contributed by atoms with van der Waals surface area (Å²) in [5.41, 5.74) is 5.06. The molecule has 0 rings (SSSR count). The van der Waals surface area contributed by atoms with Crippen molar-refractivity contribution in [3.05, 3.63) is 0 Å². The van der Waals surface area contributed by atoms with Crippen LogP contribution in [-0.2, 0) is 15.6 Å². The topological polar surface area (TPSA) is 72.2 Å². The van der Waals surface area contributed by atoms with Crippen LogP contribution >= 0.6 is 0 Å². The number of amides is 1. The van der Waals surface area contributed by atoms with Crippen molar-refractivity contribution in [2.24, 2.45) is 5.73 Å². The highest BCUT2D eigenvalue weighted by Gasteiger charge is 2.06. The molecule has 0 aliphatic heterocycles. The van der Waals surface area contributed by atoms with E-state index in [-0.39, 0.29) is 18.5 Å². The zero-order valence-electron chi connectivity index (χ0n) is 6.79. The third kappa shape index (κ3) is 6.00. The Balaban J connectivity index is 3.60. The molecule has 2 atom stereocenters. The lowest BCUT2D eigenvalue weighted by Crippen LogP contribution is -2.39. The van der Waals surface area contributed by atoms with E-state index in [1.165, 1.54) is 0 Å². The van der Waals surface area contributed by atoms with E-state index in [9.17, 15) is 9.00 Å². The summed E-state index contributed by atoms with van der Waals surface area (Å²) in [5.74, 6) is 0.272. The lowest BCUT2D eigenvalue weighted by atomic mass is 10.4. The monoisotopic (exact) mass is 178 g/mol. The Bertz CT molecular complexity index is 161. The molecule has 0 aromatic carbocycles. The molecular formula is C6H14N2O2S. The molecule has 5 heteroatoms. The first-order valence-electron chi connectivity index (χ1n) is 3.35. The quantitative estimate of drug-likeness (QED) is 0.569. The van der Waals surface area contributed by atoms with Gasteiger partial charge < -0.3 is 11.1 Å². The highest BCUT2D eigenvalue weighted by atomic mass is 32.2. The van der Waals surface area contributed by atoms with Gasteiger partial charge in [0.2, 0.25) is 5.91 Å². The van der Waals surface area contributed by atoms with Crippen LogP contribution in [0, 0.1) is 0 Å². The van der Waals surface area contributed by atoms with Crippen LogP contribution < -0.4 is 11.1 Å². The average Bonchev–Trinajstić information content (AvgIpc) is 1.85. The number of hydrogen-bond acceptors (Lipinski definition) is 3. The van der Waals surface area contributed by atoms with Gasteiger partial charge in [-0.15, -0.1) is 0 Å². The summed E-state index contributed by atoms with van der Waals surface area (Å²) in [6, 6.07) is -0.0584. The van der Waals surface area contributed by atoms with Crippen LogP contribution in [-0.4, -0.2) is 34.7 Å². The van der Waals surface area contributed by atoms with Gasteiger partial charge in [0.05, 0.1) is 6.54 Å². The number of nitrogens with one attached hydrogen (secondary N) is 1. The number of hydrogen-bond donors (Lipinski definition) is 2. The van der Waals surface area contributed by atoms with E-state index >= 15 is 0 Å². The van der Waals surface area contributed by atoms with Crippen molar-refractivity contribution < 1.29 is 9.00 Å². The zero-order chi connectivity index (χ0) is 8.85. The van der Waals surface area contributed by atoms with Crippen molar-refractivity contribution in [1.82, 2.24) is 5.32 Å². The molecule has 11 heavy (non-hydrogen) atoms. The van der Waals surface area contributed by atoms with Crippen LogP contribution in [0.5, 0.6) is 0 Å². The third-order valence-corrected chi connectivity index (χ3v) is 2.05. The van der Waals surface area contributed by atoms with Crippen molar-refractivity contribution in [2.75, 3.05) is 18.6 Å². The SMILES string of the molecule is CC(CS(C)=O)NC(=O)CN. The average molecular weight is 178 g/mol. The van der Waals surface area contributed by atoms with Crippen molar-refractivity contribution in [3.8, 4) is 0 Å². The molecule has 0 fully saturated rings. The van der Waals surface area contributed by atoms with Gasteiger partial charge in [-0.05, 0) is 6.92 Å². The van der Waals surface area contributed by atoms with Crippen LogP contribution in [0.1, 0.15) is 6.92 Å². The molecule has 66 valence electrons. The Morgan fingerprint density at radius 1 is 1.73 bits per heavy atom. The van der Waals surface area contributed by atoms with Gasteiger partial charge in [-0.1, -0.05) is 0 Å². The van der Waals surface area contributed by atoms with Gasteiger partial charge in [0.1, 0.15) is 0 Å². The molecule has 0 bridgehead atoms. The van der Waals surface area contributed by atoms with E-state index in [1.54, 1.807) is 13.2 Å². The predicted octanol–water partition coefficient (Wildman–Crippen LogP) is -1.17. The van der Waals surface area contributed by atoms with Crippen LogP contribution in [0.15, 0.2) is 0 Å².